The first-order valence-corrected chi connectivity index (χ1v) is 12.7. The van der Waals surface area contributed by atoms with Crippen molar-refractivity contribution in [1.29, 1.82) is 0 Å². The zero-order chi connectivity index (χ0) is 25.8. The topological polar surface area (TPSA) is 77.8 Å². The van der Waals surface area contributed by atoms with E-state index in [1.54, 1.807) is 23.4 Å². The highest BCUT2D eigenvalue weighted by Crippen LogP contribution is 2.33. The molecule has 0 amide bonds. The number of hydrogen-bond acceptors (Lipinski definition) is 6. The maximum atomic E-state index is 4.33. The van der Waals surface area contributed by atoms with Gasteiger partial charge in [0, 0.05) is 16.9 Å². The highest BCUT2D eigenvalue weighted by molar-refractivity contribution is 6.08. The summed E-state index contributed by atoms with van der Waals surface area (Å²) in [7, 11) is 0. The summed E-state index contributed by atoms with van der Waals surface area (Å²) in [6.07, 6.45) is 13.0. The maximum absolute atomic E-state index is 4.33. The summed E-state index contributed by atoms with van der Waals surface area (Å²) in [5.74, 6) is 0. The fraction of sp³-hybridized carbons (Fsp3) is 0.125. The minimum absolute atomic E-state index is 1.06. The van der Waals surface area contributed by atoms with Gasteiger partial charge < -0.3 is 9.05 Å². The Morgan fingerprint density at radius 1 is 0.553 bits per heavy atom. The van der Waals surface area contributed by atoms with Gasteiger partial charge in [0.1, 0.15) is 12.5 Å². The predicted molar refractivity (Wildman–Crippen MR) is 151 cm³/mol. The summed E-state index contributed by atoms with van der Waals surface area (Å²) >= 11 is 0. The molecule has 8 rings (SSSR count). The van der Waals surface area contributed by atoms with Gasteiger partial charge in [0.25, 0.3) is 0 Å². The van der Waals surface area contributed by atoms with Crippen molar-refractivity contribution in [1.82, 2.24) is 20.5 Å². The lowest BCUT2D eigenvalue weighted by Crippen LogP contribution is -2.02. The van der Waals surface area contributed by atoms with E-state index in [4.69, 9.17) is 0 Å². The Bertz CT molecular complexity index is 1550. The van der Waals surface area contributed by atoms with Gasteiger partial charge in [0.05, 0.1) is 17.9 Å². The number of nitrogens with zero attached hydrogens (tertiary/aromatic N) is 4. The molecule has 0 aliphatic heterocycles. The van der Waals surface area contributed by atoms with Crippen LogP contribution in [0.5, 0.6) is 0 Å². The van der Waals surface area contributed by atoms with E-state index in [0.29, 0.717) is 0 Å². The zero-order valence-electron chi connectivity index (χ0n) is 21.0. The van der Waals surface area contributed by atoms with Gasteiger partial charge in [0.2, 0.25) is 0 Å². The maximum Gasteiger partial charge on any atom is 0.144 e. The van der Waals surface area contributed by atoms with Crippen molar-refractivity contribution < 1.29 is 9.05 Å². The number of aryl methyl sites for hydroxylation is 2. The first-order chi connectivity index (χ1) is 18.9. The molecule has 0 unspecified atom stereocenters. The lowest BCUT2D eigenvalue weighted by molar-refractivity contribution is 0.393. The Balaban J connectivity index is 0.000000122. The Morgan fingerprint density at radius 2 is 1.37 bits per heavy atom. The molecule has 1 aliphatic rings. The number of benzene rings is 4. The fourth-order valence-electron chi connectivity index (χ4n) is 4.67. The molecule has 0 spiro atoms. The molecule has 1 aliphatic carbocycles. The van der Waals surface area contributed by atoms with E-state index in [9.17, 15) is 0 Å². The molecule has 7 aromatic rings. The van der Waals surface area contributed by atoms with Gasteiger partial charge in [-0.05, 0) is 76.6 Å². The second-order valence-corrected chi connectivity index (χ2v) is 8.76. The van der Waals surface area contributed by atoms with Crippen LogP contribution in [-0.4, -0.2) is 20.5 Å². The Morgan fingerprint density at radius 3 is 2.11 bits per heavy atom. The molecule has 3 heterocycles. The summed E-state index contributed by atoms with van der Waals surface area (Å²) in [6, 6.07) is 31.8. The monoisotopic (exact) mass is 500 g/mol. The third-order valence-corrected chi connectivity index (χ3v) is 6.40. The normalized spacial score (nSPS) is 11.8. The van der Waals surface area contributed by atoms with Crippen molar-refractivity contribution in [3.05, 3.63) is 133 Å². The summed E-state index contributed by atoms with van der Waals surface area (Å²) in [5.41, 5.74) is 4.23. The molecule has 0 bridgehead atoms. The molecular weight excluding hydrogens is 472 g/mol. The molecule has 0 N–H and O–H groups in total. The lowest BCUT2D eigenvalue weighted by Gasteiger charge is -2.18. The largest absolute Gasteiger partial charge is 0.365 e. The van der Waals surface area contributed by atoms with E-state index < -0.39 is 0 Å². The molecule has 0 atom stereocenters. The molecule has 6 nitrogen and oxygen atoms in total. The van der Waals surface area contributed by atoms with Crippen LogP contribution in [0, 0.1) is 0 Å². The first-order valence-electron chi connectivity index (χ1n) is 12.7. The third kappa shape index (κ3) is 6.28. The van der Waals surface area contributed by atoms with Crippen LogP contribution >= 0.6 is 0 Å². The number of pyridine rings is 1. The summed E-state index contributed by atoms with van der Waals surface area (Å²) in [6.45, 7) is 0. The van der Waals surface area contributed by atoms with E-state index >= 15 is 0 Å². The van der Waals surface area contributed by atoms with Gasteiger partial charge in [-0.3, -0.25) is 4.98 Å². The van der Waals surface area contributed by atoms with Crippen molar-refractivity contribution in [2.24, 2.45) is 0 Å². The average molecular weight is 501 g/mol. The zero-order valence-corrected chi connectivity index (χ0v) is 21.0. The molecule has 4 aromatic carbocycles. The molecule has 0 fully saturated rings. The lowest BCUT2D eigenvalue weighted by atomic mass is 9.86. The van der Waals surface area contributed by atoms with Crippen LogP contribution in [0.4, 0.5) is 0 Å². The van der Waals surface area contributed by atoms with Gasteiger partial charge >= 0.3 is 0 Å². The smallest absolute Gasteiger partial charge is 0.144 e. The van der Waals surface area contributed by atoms with Gasteiger partial charge in [0.15, 0.2) is 0 Å². The Hall–Kier alpha value is -4.84. The van der Waals surface area contributed by atoms with Crippen molar-refractivity contribution in [3.8, 4) is 0 Å². The summed E-state index contributed by atoms with van der Waals surface area (Å²) in [4.78, 5) is 4.18. The molecule has 188 valence electrons. The van der Waals surface area contributed by atoms with E-state index in [0.717, 1.165) is 5.52 Å². The standard InChI is InChI=1S/C18H16.C9H7N.C3H3NO.C2H2N2O/c1-3-7-15-13(5-1)9-11-18-16-8-4-2-6-14(16)10-12-17(15)18;1-2-6-9-8(4-1)5-3-7-10-9;1-2-4-5-3-1;1-2-5-4-3-1/h1,3,5,7,9-12H,2,4,6,8H2;1-7H;1-3H;1-2H. The predicted octanol–water partition coefficient (Wildman–Crippen LogP) is 7.85. The third-order valence-electron chi connectivity index (χ3n) is 6.40. The van der Waals surface area contributed by atoms with Crippen molar-refractivity contribution in [2.75, 3.05) is 0 Å². The molecule has 6 heteroatoms. The molecule has 0 saturated heterocycles. The highest BCUT2D eigenvalue weighted by Gasteiger charge is 2.13. The fourth-order valence-corrected chi connectivity index (χ4v) is 4.67. The second-order valence-electron chi connectivity index (χ2n) is 8.76. The van der Waals surface area contributed by atoms with Crippen LogP contribution in [0.2, 0.25) is 0 Å². The Kier molecular flexibility index (Phi) is 8.44. The van der Waals surface area contributed by atoms with Crippen molar-refractivity contribution in [2.45, 2.75) is 25.7 Å². The molecule has 38 heavy (non-hydrogen) atoms. The molecule has 0 radical (unpaired) electrons. The average Bonchev–Trinajstić information content (AvgIpc) is 3.78. The summed E-state index contributed by atoms with van der Waals surface area (Å²) in [5, 5.41) is 16.6. The van der Waals surface area contributed by atoms with Crippen LogP contribution in [-0.2, 0) is 12.8 Å². The van der Waals surface area contributed by atoms with Gasteiger partial charge in [-0.2, -0.15) is 0 Å². The van der Waals surface area contributed by atoms with Gasteiger partial charge in [-0.1, -0.05) is 78.0 Å². The SMILES string of the molecule is c1ccc2c(c1)ccc1c3c(ccc12)CCCC3.c1ccc2ncccc2c1.c1cnoc1.c1conn1. The second kappa shape index (κ2) is 12.9. The van der Waals surface area contributed by atoms with Crippen LogP contribution in [0.15, 0.2) is 131 Å². The first kappa shape index (κ1) is 24.8. The van der Waals surface area contributed by atoms with E-state index in [-0.39, 0.29) is 0 Å². The van der Waals surface area contributed by atoms with Gasteiger partial charge in [-0.15, -0.1) is 5.10 Å². The van der Waals surface area contributed by atoms with E-state index in [1.165, 1.54) is 71.3 Å². The molecule has 3 aromatic heterocycles. The number of para-hydroxylation sites is 1. The molecule has 0 saturated carbocycles. The van der Waals surface area contributed by atoms with Gasteiger partial charge in [-0.25, -0.2) is 0 Å². The Labute approximate surface area is 220 Å². The number of fused-ring (bicyclic) bond motifs is 6. The number of aromatic nitrogens is 4. The van der Waals surface area contributed by atoms with Crippen molar-refractivity contribution >= 4 is 32.4 Å². The summed E-state index contributed by atoms with van der Waals surface area (Å²) < 4.78 is 8.56. The minimum Gasteiger partial charge on any atom is -0.365 e. The van der Waals surface area contributed by atoms with Crippen LogP contribution in [0.25, 0.3) is 32.4 Å². The molecular formula is C32H28N4O2. The van der Waals surface area contributed by atoms with Crippen LogP contribution < -0.4 is 0 Å². The van der Waals surface area contributed by atoms with E-state index in [2.05, 4.69) is 90.2 Å². The number of hydrogen-bond donors (Lipinski definition) is 0. The quantitative estimate of drug-likeness (QED) is 0.197. The van der Waals surface area contributed by atoms with Crippen LogP contribution in [0.3, 0.4) is 0 Å². The minimum atomic E-state index is 1.06. The van der Waals surface area contributed by atoms with Crippen LogP contribution in [0.1, 0.15) is 24.0 Å². The number of rotatable bonds is 0. The van der Waals surface area contributed by atoms with Crippen molar-refractivity contribution in [3.63, 3.8) is 0 Å². The van der Waals surface area contributed by atoms with E-state index in [1.807, 2.05) is 30.5 Å². The highest BCUT2D eigenvalue weighted by atomic mass is 16.5.